The van der Waals surface area contributed by atoms with Gasteiger partial charge < -0.3 is 10.6 Å². The number of para-hydroxylation sites is 1. The molecule has 26 heavy (non-hydrogen) atoms. The Morgan fingerprint density at radius 1 is 1.04 bits per heavy atom. The fourth-order valence-electron chi connectivity index (χ4n) is 2.11. The van der Waals surface area contributed by atoms with Crippen LogP contribution >= 0.6 is 23.2 Å². The summed E-state index contributed by atoms with van der Waals surface area (Å²) in [4.78, 5) is 20.5. The molecule has 0 radical (unpaired) electrons. The first-order chi connectivity index (χ1) is 12.6. The standard InChI is InChI=1S/C18H11Cl2N5O/c19-12-5-6-15(13(20)7-12)25-18(26)16-9-23-17(10-22-16)24-14-4-2-1-3-11(14)8-21/h1-7,9-10H,(H,23,24)(H,25,26). The van der Waals surface area contributed by atoms with Crippen LogP contribution < -0.4 is 10.6 Å². The van der Waals surface area contributed by atoms with Crippen LogP contribution in [0.3, 0.4) is 0 Å². The van der Waals surface area contributed by atoms with E-state index in [-0.39, 0.29) is 5.69 Å². The fraction of sp³-hybridized carbons (Fsp3) is 0. The van der Waals surface area contributed by atoms with E-state index in [1.165, 1.54) is 18.5 Å². The molecule has 0 saturated carbocycles. The van der Waals surface area contributed by atoms with Gasteiger partial charge in [-0.15, -0.1) is 0 Å². The maximum absolute atomic E-state index is 12.3. The highest BCUT2D eigenvalue weighted by Crippen LogP contribution is 2.25. The summed E-state index contributed by atoms with van der Waals surface area (Å²) in [5.41, 5.74) is 1.63. The van der Waals surface area contributed by atoms with Crippen LogP contribution in [0.15, 0.2) is 54.9 Å². The second kappa shape index (κ2) is 7.83. The van der Waals surface area contributed by atoms with Crippen LogP contribution in [-0.2, 0) is 0 Å². The van der Waals surface area contributed by atoms with E-state index in [4.69, 9.17) is 28.5 Å². The van der Waals surface area contributed by atoms with Crippen molar-refractivity contribution in [2.24, 2.45) is 0 Å². The molecule has 2 aromatic carbocycles. The molecule has 0 fully saturated rings. The van der Waals surface area contributed by atoms with Gasteiger partial charge in [0.1, 0.15) is 17.6 Å². The molecule has 8 heteroatoms. The van der Waals surface area contributed by atoms with Crippen molar-refractivity contribution in [3.63, 3.8) is 0 Å². The number of anilines is 3. The Kier molecular flexibility index (Phi) is 5.32. The number of carbonyl (C=O) groups excluding carboxylic acids is 1. The van der Waals surface area contributed by atoms with Crippen molar-refractivity contribution in [1.82, 2.24) is 9.97 Å². The average Bonchev–Trinajstić information content (AvgIpc) is 2.65. The second-order valence-electron chi connectivity index (χ2n) is 5.15. The average molecular weight is 384 g/mol. The fourth-order valence-corrected chi connectivity index (χ4v) is 2.57. The van der Waals surface area contributed by atoms with Gasteiger partial charge in [-0.3, -0.25) is 4.79 Å². The molecule has 0 atom stereocenters. The minimum Gasteiger partial charge on any atom is -0.338 e. The van der Waals surface area contributed by atoms with E-state index in [9.17, 15) is 4.79 Å². The zero-order valence-electron chi connectivity index (χ0n) is 13.2. The van der Waals surface area contributed by atoms with Gasteiger partial charge in [0.05, 0.1) is 34.4 Å². The van der Waals surface area contributed by atoms with Gasteiger partial charge in [0.15, 0.2) is 0 Å². The lowest BCUT2D eigenvalue weighted by molar-refractivity contribution is 0.102. The van der Waals surface area contributed by atoms with E-state index >= 15 is 0 Å². The lowest BCUT2D eigenvalue weighted by atomic mass is 10.2. The molecule has 6 nitrogen and oxygen atoms in total. The first-order valence-corrected chi connectivity index (χ1v) is 8.17. The Labute approximate surface area is 159 Å². The van der Waals surface area contributed by atoms with Gasteiger partial charge in [0, 0.05) is 5.02 Å². The summed E-state index contributed by atoms with van der Waals surface area (Å²) in [5, 5.41) is 15.5. The molecular weight excluding hydrogens is 373 g/mol. The number of carbonyl (C=O) groups is 1. The van der Waals surface area contributed by atoms with Gasteiger partial charge in [0.25, 0.3) is 5.91 Å². The number of hydrogen-bond acceptors (Lipinski definition) is 5. The normalized spacial score (nSPS) is 10.0. The first kappa shape index (κ1) is 17.7. The SMILES string of the molecule is N#Cc1ccccc1Nc1cnc(C(=O)Nc2ccc(Cl)cc2Cl)cn1. The van der Waals surface area contributed by atoms with Gasteiger partial charge in [0.2, 0.25) is 0 Å². The number of aromatic nitrogens is 2. The summed E-state index contributed by atoms with van der Waals surface area (Å²) in [6, 6.07) is 13.8. The van der Waals surface area contributed by atoms with E-state index in [1.54, 1.807) is 36.4 Å². The third-order valence-electron chi connectivity index (χ3n) is 3.37. The Hall–Kier alpha value is -3.14. The first-order valence-electron chi connectivity index (χ1n) is 7.41. The van der Waals surface area contributed by atoms with Crippen molar-refractivity contribution in [2.75, 3.05) is 10.6 Å². The number of hydrogen-bond donors (Lipinski definition) is 2. The highest BCUT2D eigenvalue weighted by atomic mass is 35.5. The molecule has 0 unspecified atom stereocenters. The largest absolute Gasteiger partial charge is 0.338 e. The van der Waals surface area contributed by atoms with Crippen molar-refractivity contribution in [3.05, 3.63) is 76.2 Å². The van der Waals surface area contributed by atoms with Crippen molar-refractivity contribution in [3.8, 4) is 6.07 Å². The lowest BCUT2D eigenvalue weighted by Crippen LogP contribution is -2.14. The van der Waals surface area contributed by atoms with Crippen LogP contribution in [0.2, 0.25) is 10.0 Å². The second-order valence-corrected chi connectivity index (χ2v) is 5.99. The maximum atomic E-state index is 12.3. The van der Waals surface area contributed by atoms with Gasteiger partial charge in [-0.1, -0.05) is 35.3 Å². The van der Waals surface area contributed by atoms with E-state index in [1.807, 2.05) is 0 Å². The topological polar surface area (TPSA) is 90.7 Å². The summed E-state index contributed by atoms with van der Waals surface area (Å²) < 4.78 is 0. The number of nitrogens with one attached hydrogen (secondary N) is 2. The van der Waals surface area contributed by atoms with Crippen LogP contribution in [0.4, 0.5) is 17.2 Å². The Bertz CT molecular complexity index is 999. The van der Waals surface area contributed by atoms with E-state index in [0.29, 0.717) is 32.8 Å². The van der Waals surface area contributed by atoms with Crippen LogP contribution in [-0.4, -0.2) is 15.9 Å². The van der Waals surface area contributed by atoms with E-state index < -0.39 is 5.91 Å². The number of rotatable bonds is 4. The molecule has 3 aromatic rings. The van der Waals surface area contributed by atoms with Gasteiger partial charge in [-0.25, -0.2) is 9.97 Å². The van der Waals surface area contributed by atoms with Crippen molar-refractivity contribution >= 4 is 46.3 Å². The summed E-state index contributed by atoms with van der Waals surface area (Å²) in [7, 11) is 0. The Balaban J connectivity index is 1.73. The molecular formula is C18H11Cl2N5O. The van der Waals surface area contributed by atoms with E-state index in [2.05, 4.69) is 26.7 Å². The molecule has 0 spiro atoms. The van der Waals surface area contributed by atoms with Crippen molar-refractivity contribution in [1.29, 1.82) is 5.26 Å². The predicted molar refractivity (Wildman–Crippen MR) is 101 cm³/mol. The third kappa shape index (κ3) is 4.09. The molecule has 0 aliphatic carbocycles. The minimum absolute atomic E-state index is 0.120. The Morgan fingerprint density at radius 3 is 2.54 bits per heavy atom. The number of benzene rings is 2. The van der Waals surface area contributed by atoms with E-state index in [0.717, 1.165) is 0 Å². The highest BCUT2D eigenvalue weighted by Gasteiger charge is 2.11. The Morgan fingerprint density at radius 2 is 1.85 bits per heavy atom. The maximum Gasteiger partial charge on any atom is 0.275 e. The predicted octanol–water partition coefficient (Wildman–Crippen LogP) is 4.65. The molecule has 0 saturated heterocycles. The highest BCUT2D eigenvalue weighted by molar-refractivity contribution is 6.36. The van der Waals surface area contributed by atoms with Crippen LogP contribution in [0.5, 0.6) is 0 Å². The molecule has 0 aliphatic heterocycles. The molecule has 128 valence electrons. The number of halogens is 2. The lowest BCUT2D eigenvalue weighted by Gasteiger charge is -2.09. The molecule has 1 amide bonds. The molecule has 0 aliphatic rings. The number of nitriles is 1. The van der Waals surface area contributed by atoms with Crippen LogP contribution in [0.25, 0.3) is 0 Å². The molecule has 3 rings (SSSR count). The van der Waals surface area contributed by atoms with Gasteiger partial charge in [-0.2, -0.15) is 5.26 Å². The van der Waals surface area contributed by atoms with Crippen molar-refractivity contribution in [2.45, 2.75) is 0 Å². The van der Waals surface area contributed by atoms with Crippen molar-refractivity contribution < 1.29 is 4.79 Å². The quantitative estimate of drug-likeness (QED) is 0.683. The molecule has 0 bridgehead atoms. The molecule has 1 aromatic heterocycles. The number of nitrogens with zero attached hydrogens (tertiary/aromatic N) is 3. The summed E-state index contributed by atoms with van der Waals surface area (Å²) >= 11 is 11.9. The smallest absolute Gasteiger partial charge is 0.275 e. The molecule has 2 N–H and O–H groups in total. The third-order valence-corrected chi connectivity index (χ3v) is 3.92. The summed E-state index contributed by atoms with van der Waals surface area (Å²) in [6.45, 7) is 0. The number of amides is 1. The summed E-state index contributed by atoms with van der Waals surface area (Å²) in [6.07, 6.45) is 2.74. The van der Waals surface area contributed by atoms with Gasteiger partial charge >= 0.3 is 0 Å². The van der Waals surface area contributed by atoms with Gasteiger partial charge in [-0.05, 0) is 30.3 Å². The van der Waals surface area contributed by atoms with Crippen LogP contribution in [0, 0.1) is 11.3 Å². The van der Waals surface area contributed by atoms with Crippen LogP contribution in [0.1, 0.15) is 16.1 Å². The zero-order valence-corrected chi connectivity index (χ0v) is 14.7. The monoisotopic (exact) mass is 383 g/mol. The molecule has 1 heterocycles. The summed E-state index contributed by atoms with van der Waals surface area (Å²) in [5.74, 6) is -0.0422. The minimum atomic E-state index is -0.453. The zero-order chi connectivity index (χ0) is 18.5.